The van der Waals surface area contributed by atoms with Crippen LogP contribution in [0.2, 0.25) is 0 Å². The highest BCUT2D eigenvalue weighted by atomic mass is 32.2. The first-order valence-electron chi connectivity index (χ1n) is 5.85. The van der Waals surface area contributed by atoms with Gasteiger partial charge in [-0.15, -0.1) is 10.2 Å². The Kier molecular flexibility index (Phi) is 3.54. The Morgan fingerprint density at radius 3 is 2.81 bits per heavy atom. The van der Waals surface area contributed by atoms with E-state index in [9.17, 15) is 5.11 Å². The van der Waals surface area contributed by atoms with E-state index in [2.05, 4.69) is 24.0 Å². The first-order chi connectivity index (χ1) is 7.61. The molecule has 0 aliphatic heterocycles. The third-order valence-corrected chi connectivity index (χ3v) is 4.33. The summed E-state index contributed by atoms with van der Waals surface area (Å²) in [5.74, 6) is 0.735. The van der Waals surface area contributed by atoms with Crippen molar-refractivity contribution in [2.24, 2.45) is 0 Å². The second kappa shape index (κ2) is 4.75. The Labute approximate surface area is 100 Å². The number of hydrogen-bond donors (Lipinski definition) is 1. The molecule has 0 bridgehead atoms. The molecule has 0 radical (unpaired) electrons. The smallest absolute Gasteiger partial charge is 0.191 e. The predicted octanol–water partition coefficient (Wildman–Crippen LogP) is 2.26. The van der Waals surface area contributed by atoms with Crippen molar-refractivity contribution in [3.05, 3.63) is 6.33 Å². The Bertz CT molecular complexity index is 345. The molecule has 2 rings (SSSR count). The van der Waals surface area contributed by atoms with E-state index in [1.165, 1.54) is 0 Å². The SMILES string of the molecule is CC(C)n1cnnc1SCC1(O)CCCC1. The van der Waals surface area contributed by atoms with E-state index in [0.717, 1.165) is 36.6 Å². The summed E-state index contributed by atoms with van der Waals surface area (Å²) in [5.41, 5.74) is -0.474. The number of thioether (sulfide) groups is 1. The molecule has 1 fully saturated rings. The normalized spacial score (nSPS) is 19.5. The van der Waals surface area contributed by atoms with Crippen molar-refractivity contribution in [2.75, 3.05) is 5.75 Å². The van der Waals surface area contributed by atoms with Gasteiger partial charge in [0.05, 0.1) is 5.60 Å². The molecule has 90 valence electrons. The highest BCUT2D eigenvalue weighted by molar-refractivity contribution is 7.99. The fraction of sp³-hybridized carbons (Fsp3) is 0.818. The van der Waals surface area contributed by atoms with Crippen LogP contribution in [0.1, 0.15) is 45.6 Å². The van der Waals surface area contributed by atoms with Crippen LogP contribution in [0, 0.1) is 0 Å². The van der Waals surface area contributed by atoms with Crippen LogP contribution in [0.25, 0.3) is 0 Å². The monoisotopic (exact) mass is 241 g/mol. The Morgan fingerprint density at radius 2 is 2.19 bits per heavy atom. The second-order valence-electron chi connectivity index (χ2n) is 4.83. The number of rotatable bonds is 4. The highest BCUT2D eigenvalue weighted by Gasteiger charge is 2.31. The van der Waals surface area contributed by atoms with Crippen LogP contribution in [-0.4, -0.2) is 31.2 Å². The summed E-state index contributed by atoms with van der Waals surface area (Å²) in [6.45, 7) is 4.22. The van der Waals surface area contributed by atoms with Crippen molar-refractivity contribution in [2.45, 2.75) is 56.3 Å². The van der Waals surface area contributed by atoms with Crippen molar-refractivity contribution in [3.8, 4) is 0 Å². The first kappa shape index (κ1) is 11.9. The van der Waals surface area contributed by atoms with Gasteiger partial charge in [0.1, 0.15) is 6.33 Å². The Morgan fingerprint density at radius 1 is 1.50 bits per heavy atom. The fourth-order valence-electron chi connectivity index (χ4n) is 2.07. The molecule has 4 nitrogen and oxygen atoms in total. The van der Waals surface area contributed by atoms with Gasteiger partial charge in [-0.05, 0) is 26.7 Å². The van der Waals surface area contributed by atoms with Crippen LogP contribution >= 0.6 is 11.8 Å². The minimum Gasteiger partial charge on any atom is -0.389 e. The summed E-state index contributed by atoms with van der Waals surface area (Å²) < 4.78 is 2.04. The van der Waals surface area contributed by atoms with Gasteiger partial charge in [0.2, 0.25) is 0 Å². The maximum absolute atomic E-state index is 10.2. The lowest BCUT2D eigenvalue weighted by Gasteiger charge is -2.21. The lowest BCUT2D eigenvalue weighted by Crippen LogP contribution is -2.27. The van der Waals surface area contributed by atoms with Crippen molar-refractivity contribution < 1.29 is 5.11 Å². The molecule has 1 aliphatic rings. The zero-order valence-electron chi connectivity index (χ0n) is 9.89. The molecule has 0 saturated heterocycles. The van der Waals surface area contributed by atoms with E-state index in [0.29, 0.717) is 6.04 Å². The minimum atomic E-state index is -0.474. The summed E-state index contributed by atoms with van der Waals surface area (Å²) in [5, 5.41) is 19.2. The van der Waals surface area contributed by atoms with Crippen LogP contribution in [0.5, 0.6) is 0 Å². The molecule has 1 N–H and O–H groups in total. The van der Waals surface area contributed by atoms with Crippen LogP contribution in [0.3, 0.4) is 0 Å². The van der Waals surface area contributed by atoms with E-state index >= 15 is 0 Å². The van der Waals surface area contributed by atoms with Crippen molar-refractivity contribution in [1.29, 1.82) is 0 Å². The third kappa shape index (κ3) is 2.58. The topological polar surface area (TPSA) is 50.9 Å². The van der Waals surface area contributed by atoms with E-state index in [1.54, 1.807) is 18.1 Å². The van der Waals surface area contributed by atoms with Gasteiger partial charge in [-0.1, -0.05) is 24.6 Å². The third-order valence-electron chi connectivity index (χ3n) is 3.10. The lowest BCUT2D eigenvalue weighted by atomic mass is 10.1. The summed E-state index contributed by atoms with van der Waals surface area (Å²) in [4.78, 5) is 0. The highest BCUT2D eigenvalue weighted by Crippen LogP contribution is 2.34. The molecule has 16 heavy (non-hydrogen) atoms. The fourth-order valence-corrected chi connectivity index (χ4v) is 3.26. The predicted molar refractivity (Wildman–Crippen MR) is 64.5 cm³/mol. The van der Waals surface area contributed by atoms with Crippen molar-refractivity contribution in [1.82, 2.24) is 14.8 Å². The maximum atomic E-state index is 10.2. The second-order valence-corrected chi connectivity index (χ2v) is 5.78. The van der Waals surface area contributed by atoms with Crippen LogP contribution in [0.4, 0.5) is 0 Å². The number of nitrogens with zero attached hydrogens (tertiary/aromatic N) is 3. The van der Waals surface area contributed by atoms with Gasteiger partial charge in [-0.25, -0.2) is 0 Å². The molecule has 1 aliphatic carbocycles. The quantitative estimate of drug-likeness (QED) is 0.821. The Balaban J connectivity index is 1.96. The summed E-state index contributed by atoms with van der Waals surface area (Å²) in [7, 11) is 0. The van der Waals surface area contributed by atoms with E-state index in [1.807, 2.05) is 4.57 Å². The van der Waals surface area contributed by atoms with Gasteiger partial charge in [0.15, 0.2) is 5.16 Å². The first-order valence-corrected chi connectivity index (χ1v) is 6.84. The molecule has 5 heteroatoms. The lowest BCUT2D eigenvalue weighted by molar-refractivity contribution is 0.0731. The summed E-state index contributed by atoms with van der Waals surface area (Å²) in [6, 6.07) is 0.371. The van der Waals surface area contributed by atoms with Gasteiger partial charge in [-0.2, -0.15) is 0 Å². The zero-order valence-corrected chi connectivity index (χ0v) is 10.7. The minimum absolute atomic E-state index is 0.371. The van der Waals surface area contributed by atoms with E-state index < -0.39 is 5.60 Å². The van der Waals surface area contributed by atoms with Gasteiger partial charge in [-0.3, -0.25) is 0 Å². The van der Waals surface area contributed by atoms with Crippen LogP contribution in [-0.2, 0) is 0 Å². The van der Waals surface area contributed by atoms with Gasteiger partial charge >= 0.3 is 0 Å². The number of aromatic nitrogens is 3. The van der Waals surface area contributed by atoms with Gasteiger partial charge in [0, 0.05) is 11.8 Å². The van der Waals surface area contributed by atoms with Crippen LogP contribution < -0.4 is 0 Å². The molecule has 1 heterocycles. The molecule has 0 unspecified atom stereocenters. The number of aliphatic hydroxyl groups is 1. The van der Waals surface area contributed by atoms with E-state index in [4.69, 9.17) is 0 Å². The molecular formula is C11H19N3OS. The number of hydrogen-bond acceptors (Lipinski definition) is 4. The average molecular weight is 241 g/mol. The molecule has 0 aromatic carbocycles. The maximum Gasteiger partial charge on any atom is 0.191 e. The molecule has 0 atom stereocenters. The van der Waals surface area contributed by atoms with Crippen molar-refractivity contribution >= 4 is 11.8 Å². The van der Waals surface area contributed by atoms with Crippen molar-refractivity contribution in [3.63, 3.8) is 0 Å². The standard InChI is InChI=1S/C11H19N3OS/c1-9(2)14-8-12-13-10(14)16-7-11(15)5-3-4-6-11/h8-9,15H,3-7H2,1-2H3. The van der Waals surface area contributed by atoms with Crippen LogP contribution in [0.15, 0.2) is 11.5 Å². The molecule has 0 amide bonds. The molecule has 0 spiro atoms. The molecular weight excluding hydrogens is 222 g/mol. The largest absolute Gasteiger partial charge is 0.389 e. The summed E-state index contributed by atoms with van der Waals surface area (Å²) >= 11 is 1.62. The summed E-state index contributed by atoms with van der Waals surface area (Å²) in [6.07, 6.45) is 5.90. The Hall–Kier alpha value is -0.550. The van der Waals surface area contributed by atoms with Gasteiger partial charge in [0.25, 0.3) is 0 Å². The molecule has 1 aromatic heterocycles. The molecule has 1 aromatic rings. The zero-order chi connectivity index (χ0) is 11.6. The van der Waals surface area contributed by atoms with E-state index in [-0.39, 0.29) is 0 Å². The molecule has 1 saturated carbocycles. The van der Waals surface area contributed by atoms with Gasteiger partial charge < -0.3 is 9.67 Å². The average Bonchev–Trinajstić information content (AvgIpc) is 2.83.